The average Bonchev–Trinajstić information content (AvgIpc) is 2.47. The minimum absolute atomic E-state index is 0.280. The summed E-state index contributed by atoms with van der Waals surface area (Å²) >= 11 is 0. The van der Waals surface area contributed by atoms with Gasteiger partial charge in [-0.25, -0.2) is 13.6 Å². The SMILES string of the molecule is C=C(C)C(=O)OC(=C(C(F)(C(F)(F)F)C(F)(F)F)C(F)(C(F)(F)F)C(F)(F)F)C(F)(F)F. The zero-order valence-corrected chi connectivity index (χ0v) is 14.4. The van der Waals surface area contributed by atoms with Crippen molar-refractivity contribution in [2.75, 3.05) is 0 Å². The molecule has 0 aromatic rings. The van der Waals surface area contributed by atoms with Gasteiger partial charge in [-0.3, -0.25) is 0 Å². The van der Waals surface area contributed by atoms with Gasteiger partial charge in [0.25, 0.3) is 0 Å². The molecule has 19 heteroatoms. The fraction of sp³-hybridized carbons (Fsp3) is 0.615. The van der Waals surface area contributed by atoms with Crippen LogP contribution in [0.1, 0.15) is 6.92 Å². The van der Waals surface area contributed by atoms with E-state index in [1.165, 1.54) is 0 Å². The summed E-state index contributed by atoms with van der Waals surface area (Å²) in [7, 11) is 0. The summed E-state index contributed by atoms with van der Waals surface area (Å²) < 4.78 is 224. The molecular weight excluding hydrogens is 511 g/mol. The van der Waals surface area contributed by atoms with E-state index >= 15 is 0 Å². The molecule has 0 spiro atoms. The number of carbonyl (C=O) groups is 1. The van der Waals surface area contributed by atoms with Gasteiger partial charge in [-0.05, 0) is 6.92 Å². The van der Waals surface area contributed by atoms with E-state index in [0.29, 0.717) is 0 Å². The normalized spacial score (nSPS) is 14.8. The molecule has 0 aliphatic rings. The van der Waals surface area contributed by atoms with Crippen LogP contribution in [0.25, 0.3) is 0 Å². The van der Waals surface area contributed by atoms with Crippen LogP contribution in [0.2, 0.25) is 0 Å². The predicted molar refractivity (Wildman–Crippen MR) is 65.9 cm³/mol. The highest BCUT2D eigenvalue weighted by molar-refractivity contribution is 5.88. The lowest BCUT2D eigenvalue weighted by atomic mass is 9.79. The molecular formula is C13H5F17O2. The number of ether oxygens (including phenoxy) is 1. The monoisotopic (exact) mass is 516 g/mol. The number of alkyl halides is 17. The van der Waals surface area contributed by atoms with Crippen LogP contribution in [0.3, 0.4) is 0 Å². The molecule has 0 aromatic heterocycles. The van der Waals surface area contributed by atoms with Gasteiger partial charge in [0.05, 0.1) is 5.57 Å². The van der Waals surface area contributed by atoms with Crippen LogP contribution in [0, 0.1) is 0 Å². The second-order valence-corrected chi connectivity index (χ2v) is 5.68. The van der Waals surface area contributed by atoms with Crippen molar-refractivity contribution in [3.05, 3.63) is 23.5 Å². The van der Waals surface area contributed by atoms with Crippen LogP contribution in [-0.2, 0) is 9.53 Å². The van der Waals surface area contributed by atoms with Gasteiger partial charge in [-0.15, -0.1) is 0 Å². The number of rotatable bonds is 4. The highest BCUT2D eigenvalue weighted by Gasteiger charge is 2.88. The first-order chi connectivity index (χ1) is 13.6. The first-order valence-electron chi connectivity index (χ1n) is 6.93. The largest absolute Gasteiger partial charge is 0.449 e. The maximum Gasteiger partial charge on any atom is 0.449 e. The van der Waals surface area contributed by atoms with Gasteiger partial charge in [0, 0.05) is 5.57 Å². The molecule has 0 saturated carbocycles. The fourth-order valence-electron chi connectivity index (χ4n) is 1.87. The molecule has 0 aliphatic carbocycles. The van der Waals surface area contributed by atoms with Gasteiger partial charge in [-0.2, -0.15) is 65.9 Å². The van der Waals surface area contributed by atoms with Gasteiger partial charge in [0.1, 0.15) is 0 Å². The topological polar surface area (TPSA) is 26.3 Å². The minimum Gasteiger partial charge on any atom is -0.418 e. The number of carbonyl (C=O) groups excluding carboxylic acids is 1. The Hall–Kier alpha value is -2.24. The Bertz CT molecular complexity index is 703. The van der Waals surface area contributed by atoms with E-state index in [1.54, 1.807) is 0 Å². The zero-order valence-electron chi connectivity index (χ0n) is 14.4. The van der Waals surface area contributed by atoms with Crippen molar-refractivity contribution >= 4 is 5.97 Å². The van der Waals surface area contributed by atoms with Crippen LogP contribution in [0.4, 0.5) is 74.6 Å². The maximum absolute atomic E-state index is 14.2. The van der Waals surface area contributed by atoms with E-state index < -0.39 is 65.1 Å². The molecule has 0 aromatic carbocycles. The molecule has 0 atom stereocenters. The summed E-state index contributed by atoms with van der Waals surface area (Å²) in [6.45, 7) is 2.71. The van der Waals surface area contributed by atoms with Crippen molar-refractivity contribution in [3.63, 3.8) is 0 Å². The Kier molecular flexibility index (Phi) is 7.40. The molecule has 0 bridgehead atoms. The molecule has 0 saturated heterocycles. The molecule has 32 heavy (non-hydrogen) atoms. The summed E-state index contributed by atoms with van der Waals surface area (Å²) in [5.41, 5.74) is -23.8. The van der Waals surface area contributed by atoms with Crippen molar-refractivity contribution in [3.8, 4) is 0 Å². The molecule has 0 aliphatic heterocycles. The summed E-state index contributed by atoms with van der Waals surface area (Å²) in [5.74, 6) is -7.70. The second-order valence-electron chi connectivity index (χ2n) is 5.68. The smallest absolute Gasteiger partial charge is 0.418 e. The van der Waals surface area contributed by atoms with Crippen molar-refractivity contribution in [2.24, 2.45) is 0 Å². The minimum atomic E-state index is -8.32. The van der Waals surface area contributed by atoms with Crippen LogP contribution < -0.4 is 0 Å². The molecule has 0 fully saturated rings. The van der Waals surface area contributed by atoms with E-state index in [1.807, 2.05) is 0 Å². The van der Waals surface area contributed by atoms with E-state index in [4.69, 9.17) is 0 Å². The summed E-state index contributed by atoms with van der Waals surface area (Å²) in [4.78, 5) is 11.1. The third-order valence-corrected chi connectivity index (χ3v) is 3.28. The van der Waals surface area contributed by atoms with Gasteiger partial charge in [0.15, 0.2) is 0 Å². The molecule has 0 heterocycles. The number of hydrogen-bond acceptors (Lipinski definition) is 2. The van der Waals surface area contributed by atoms with E-state index in [2.05, 4.69) is 11.3 Å². The summed E-state index contributed by atoms with van der Waals surface area (Å²) in [5, 5.41) is 0. The molecule has 0 rings (SSSR count). The Morgan fingerprint density at radius 1 is 0.594 bits per heavy atom. The lowest BCUT2D eigenvalue weighted by molar-refractivity contribution is -0.366. The van der Waals surface area contributed by atoms with Crippen molar-refractivity contribution in [1.82, 2.24) is 0 Å². The standard InChI is InChI=1S/C13H5F17O2/c1-3(2)6(31)32-5(9(16,17)18)4(7(14,10(19,20)21)11(22,23)24)8(15,12(25,26)27)13(28,29)30/h1H2,2H3. The Labute approximate surface area is 164 Å². The molecule has 188 valence electrons. The molecule has 0 unspecified atom stereocenters. The molecule has 2 nitrogen and oxygen atoms in total. The molecule has 0 amide bonds. The zero-order chi connectivity index (χ0) is 26.5. The van der Waals surface area contributed by atoms with Crippen molar-refractivity contribution < 1.29 is 84.2 Å². The van der Waals surface area contributed by atoms with Gasteiger partial charge in [-0.1, -0.05) is 6.58 Å². The highest BCUT2D eigenvalue weighted by atomic mass is 19.4. The van der Waals surface area contributed by atoms with Crippen LogP contribution >= 0.6 is 0 Å². The number of hydrogen-bond donors (Lipinski definition) is 0. The van der Waals surface area contributed by atoms with E-state index in [0.717, 1.165) is 0 Å². The Morgan fingerprint density at radius 2 is 0.844 bits per heavy atom. The molecule has 0 radical (unpaired) electrons. The van der Waals surface area contributed by atoms with Gasteiger partial charge < -0.3 is 4.74 Å². The second kappa shape index (κ2) is 7.96. The lowest BCUT2D eigenvalue weighted by Gasteiger charge is -2.41. The number of halogens is 17. The Balaban J connectivity index is 8.36. The van der Waals surface area contributed by atoms with Crippen LogP contribution in [0.15, 0.2) is 23.5 Å². The summed E-state index contributed by atoms with van der Waals surface area (Å²) in [6.07, 6.45) is -39.8. The van der Waals surface area contributed by atoms with Crippen LogP contribution in [0.5, 0.6) is 0 Å². The van der Waals surface area contributed by atoms with Crippen LogP contribution in [-0.4, -0.2) is 48.2 Å². The first kappa shape index (κ1) is 29.8. The van der Waals surface area contributed by atoms with Crippen molar-refractivity contribution in [2.45, 2.75) is 49.1 Å². The van der Waals surface area contributed by atoms with E-state index in [-0.39, 0.29) is 6.92 Å². The van der Waals surface area contributed by atoms with Gasteiger partial charge in [0.2, 0.25) is 5.76 Å². The third-order valence-electron chi connectivity index (χ3n) is 3.28. The van der Waals surface area contributed by atoms with Crippen molar-refractivity contribution in [1.29, 1.82) is 0 Å². The lowest BCUT2D eigenvalue weighted by Crippen LogP contribution is -2.66. The maximum atomic E-state index is 14.2. The predicted octanol–water partition coefficient (Wildman–Crippen LogP) is 6.59. The van der Waals surface area contributed by atoms with E-state index in [9.17, 15) is 79.4 Å². The Morgan fingerprint density at radius 3 is 1.00 bits per heavy atom. The number of esters is 1. The first-order valence-corrected chi connectivity index (χ1v) is 6.93. The summed E-state index contributed by atoms with van der Waals surface area (Å²) in [6, 6.07) is 0. The molecule has 0 N–H and O–H groups in total. The quantitative estimate of drug-likeness (QED) is 0.183. The highest BCUT2D eigenvalue weighted by Crippen LogP contribution is 2.63. The number of allylic oxidation sites excluding steroid dienone is 2. The fourth-order valence-corrected chi connectivity index (χ4v) is 1.87. The average molecular weight is 516 g/mol. The van der Waals surface area contributed by atoms with Gasteiger partial charge >= 0.3 is 48.2 Å². The third kappa shape index (κ3) is 4.89.